The van der Waals surface area contributed by atoms with Gasteiger partial charge in [0.15, 0.2) is 0 Å². The second-order valence-electron chi connectivity index (χ2n) is 7.21. The van der Waals surface area contributed by atoms with Gasteiger partial charge in [-0.25, -0.2) is 0 Å². The highest BCUT2D eigenvalue weighted by molar-refractivity contribution is 7.08. The fraction of sp³-hybridized carbons (Fsp3) is 0.684. The zero-order chi connectivity index (χ0) is 17.6. The van der Waals surface area contributed by atoms with Crippen molar-refractivity contribution in [1.82, 2.24) is 9.80 Å². The number of aliphatic hydroxyl groups is 1. The summed E-state index contributed by atoms with van der Waals surface area (Å²) in [5.74, 6) is 0.0976. The van der Waals surface area contributed by atoms with Crippen molar-refractivity contribution in [3.8, 4) is 0 Å². The third kappa shape index (κ3) is 4.82. The number of amides is 2. The third-order valence-electron chi connectivity index (χ3n) is 5.45. The van der Waals surface area contributed by atoms with E-state index in [1.165, 1.54) is 6.42 Å². The molecule has 1 N–H and O–H groups in total. The summed E-state index contributed by atoms with van der Waals surface area (Å²) in [6, 6.07) is 1.98. The van der Waals surface area contributed by atoms with Crippen LogP contribution in [0.15, 0.2) is 16.8 Å². The molecule has 1 saturated heterocycles. The second-order valence-corrected chi connectivity index (χ2v) is 7.99. The molecule has 0 spiro atoms. The fourth-order valence-electron chi connectivity index (χ4n) is 3.91. The molecule has 0 aromatic carbocycles. The molecule has 1 saturated carbocycles. The summed E-state index contributed by atoms with van der Waals surface area (Å²) in [5.41, 5.74) is 1.06. The van der Waals surface area contributed by atoms with Crippen molar-refractivity contribution in [1.29, 1.82) is 0 Å². The van der Waals surface area contributed by atoms with Crippen LogP contribution in [0.2, 0.25) is 0 Å². The number of carbonyl (C=O) groups excluding carboxylic acids is 2. The second kappa shape index (κ2) is 8.81. The van der Waals surface area contributed by atoms with E-state index in [1.54, 1.807) is 16.2 Å². The van der Waals surface area contributed by atoms with Gasteiger partial charge in [-0.3, -0.25) is 9.59 Å². The normalized spacial score (nSPS) is 21.0. The van der Waals surface area contributed by atoms with Gasteiger partial charge in [-0.1, -0.05) is 19.3 Å². The Bertz CT molecular complexity index is 569. The molecule has 2 aliphatic rings. The van der Waals surface area contributed by atoms with Gasteiger partial charge in [-0.2, -0.15) is 11.3 Å². The Kier molecular flexibility index (Phi) is 6.48. The first-order valence-electron chi connectivity index (χ1n) is 9.41. The minimum Gasteiger partial charge on any atom is -0.383 e. The van der Waals surface area contributed by atoms with Crippen LogP contribution in [0.25, 0.3) is 0 Å². The van der Waals surface area contributed by atoms with E-state index in [4.69, 9.17) is 0 Å². The van der Waals surface area contributed by atoms with Gasteiger partial charge in [0.1, 0.15) is 6.10 Å². The van der Waals surface area contributed by atoms with E-state index in [0.29, 0.717) is 32.6 Å². The van der Waals surface area contributed by atoms with Crippen LogP contribution in [0.5, 0.6) is 0 Å². The largest absolute Gasteiger partial charge is 0.383 e. The predicted molar refractivity (Wildman–Crippen MR) is 98.4 cm³/mol. The molecule has 2 heterocycles. The number of thiophene rings is 1. The quantitative estimate of drug-likeness (QED) is 0.892. The molecule has 3 rings (SSSR count). The highest BCUT2D eigenvalue weighted by Crippen LogP contribution is 2.27. The molecule has 0 radical (unpaired) electrons. The van der Waals surface area contributed by atoms with Crippen molar-refractivity contribution in [2.24, 2.45) is 5.92 Å². The van der Waals surface area contributed by atoms with Gasteiger partial charge < -0.3 is 14.9 Å². The van der Waals surface area contributed by atoms with Crippen molar-refractivity contribution < 1.29 is 14.7 Å². The molecule has 5 nitrogen and oxygen atoms in total. The van der Waals surface area contributed by atoms with Gasteiger partial charge in [-0.05, 0) is 47.6 Å². The topological polar surface area (TPSA) is 60.9 Å². The molecule has 1 aromatic heterocycles. The van der Waals surface area contributed by atoms with Crippen LogP contribution in [0.1, 0.15) is 44.1 Å². The highest BCUT2D eigenvalue weighted by Gasteiger charge is 2.32. The van der Waals surface area contributed by atoms with Crippen LogP contribution >= 0.6 is 11.3 Å². The van der Waals surface area contributed by atoms with E-state index in [1.807, 2.05) is 21.7 Å². The maximum absolute atomic E-state index is 12.7. The summed E-state index contributed by atoms with van der Waals surface area (Å²) >= 11 is 1.60. The molecule has 138 valence electrons. The summed E-state index contributed by atoms with van der Waals surface area (Å²) in [6.45, 7) is 2.40. The summed E-state index contributed by atoms with van der Waals surface area (Å²) < 4.78 is 0. The zero-order valence-electron chi connectivity index (χ0n) is 14.7. The Balaban J connectivity index is 1.52. The van der Waals surface area contributed by atoms with Gasteiger partial charge in [0, 0.05) is 26.2 Å². The number of aliphatic hydroxyl groups excluding tert-OH is 1. The van der Waals surface area contributed by atoms with Crippen LogP contribution < -0.4 is 0 Å². The minimum atomic E-state index is -0.867. The summed E-state index contributed by atoms with van der Waals surface area (Å²) in [7, 11) is 0. The Morgan fingerprint density at radius 3 is 2.52 bits per heavy atom. The molecule has 2 amide bonds. The van der Waals surface area contributed by atoms with Crippen molar-refractivity contribution in [2.75, 3.05) is 26.2 Å². The molecular formula is C19H28N2O3S. The molecule has 1 aromatic rings. The number of nitrogens with zero attached hydrogens (tertiary/aromatic N) is 2. The van der Waals surface area contributed by atoms with Crippen LogP contribution in [-0.4, -0.2) is 59.0 Å². The van der Waals surface area contributed by atoms with E-state index in [0.717, 1.165) is 37.7 Å². The maximum Gasteiger partial charge on any atom is 0.251 e. The van der Waals surface area contributed by atoms with E-state index in [-0.39, 0.29) is 17.7 Å². The zero-order valence-corrected chi connectivity index (χ0v) is 15.5. The van der Waals surface area contributed by atoms with E-state index >= 15 is 0 Å². The first-order valence-corrected chi connectivity index (χ1v) is 10.3. The average Bonchev–Trinajstić information content (AvgIpc) is 3.02. The molecule has 25 heavy (non-hydrogen) atoms. The van der Waals surface area contributed by atoms with Crippen molar-refractivity contribution in [3.63, 3.8) is 0 Å². The monoisotopic (exact) mass is 364 g/mol. The van der Waals surface area contributed by atoms with E-state index in [2.05, 4.69) is 0 Å². The van der Waals surface area contributed by atoms with Gasteiger partial charge in [0.2, 0.25) is 5.91 Å². The predicted octanol–water partition coefficient (Wildman–Crippen LogP) is 2.29. The summed E-state index contributed by atoms with van der Waals surface area (Å²) in [6.07, 6.45) is 5.68. The van der Waals surface area contributed by atoms with Gasteiger partial charge in [0.25, 0.3) is 5.91 Å². The lowest BCUT2D eigenvalue weighted by Gasteiger charge is -2.30. The van der Waals surface area contributed by atoms with Crippen molar-refractivity contribution >= 4 is 23.2 Å². The van der Waals surface area contributed by atoms with Gasteiger partial charge in [-0.15, -0.1) is 0 Å². The van der Waals surface area contributed by atoms with Gasteiger partial charge >= 0.3 is 0 Å². The smallest absolute Gasteiger partial charge is 0.251 e. The maximum atomic E-state index is 12.7. The lowest BCUT2D eigenvalue weighted by atomic mass is 9.85. The molecule has 1 atom stereocenters. The fourth-order valence-corrected chi connectivity index (χ4v) is 4.57. The molecule has 1 aliphatic carbocycles. The molecule has 0 unspecified atom stereocenters. The molecular weight excluding hydrogens is 336 g/mol. The molecule has 2 fully saturated rings. The van der Waals surface area contributed by atoms with Crippen LogP contribution in [0.4, 0.5) is 0 Å². The Labute approximate surface area is 153 Å². The van der Waals surface area contributed by atoms with Crippen molar-refractivity contribution in [3.05, 3.63) is 22.4 Å². The van der Waals surface area contributed by atoms with Crippen LogP contribution in [0.3, 0.4) is 0 Å². The highest BCUT2D eigenvalue weighted by atomic mass is 32.1. The average molecular weight is 365 g/mol. The summed E-state index contributed by atoms with van der Waals surface area (Å²) in [5, 5.41) is 14.5. The SMILES string of the molecule is O=C(Cc1ccsc1)N1CCCN(C(=O)[C@H](O)C2CCCCC2)CC1. The number of hydrogen-bond acceptors (Lipinski definition) is 4. The van der Waals surface area contributed by atoms with E-state index < -0.39 is 6.10 Å². The number of carbonyl (C=O) groups is 2. The molecule has 0 bridgehead atoms. The minimum absolute atomic E-state index is 0.112. The lowest BCUT2D eigenvalue weighted by molar-refractivity contribution is -0.144. The first kappa shape index (κ1) is 18.4. The van der Waals surface area contributed by atoms with Crippen LogP contribution in [-0.2, 0) is 16.0 Å². The molecule has 6 heteroatoms. The number of hydrogen-bond donors (Lipinski definition) is 1. The Hall–Kier alpha value is -1.40. The Morgan fingerprint density at radius 2 is 1.80 bits per heavy atom. The standard InChI is InChI=1S/C19H28N2O3S/c22-17(13-15-7-12-25-14-15)20-8-4-9-21(11-10-20)19(24)18(23)16-5-2-1-3-6-16/h7,12,14,16,18,23H,1-6,8-11,13H2/t18-/m1/s1. The number of rotatable bonds is 4. The molecule has 1 aliphatic heterocycles. The lowest BCUT2D eigenvalue weighted by Crippen LogP contribution is -2.45. The van der Waals surface area contributed by atoms with Crippen LogP contribution in [0, 0.1) is 5.92 Å². The summed E-state index contributed by atoms with van der Waals surface area (Å²) in [4.78, 5) is 28.7. The van der Waals surface area contributed by atoms with E-state index in [9.17, 15) is 14.7 Å². The third-order valence-corrected chi connectivity index (χ3v) is 6.18. The van der Waals surface area contributed by atoms with Gasteiger partial charge in [0.05, 0.1) is 6.42 Å². The van der Waals surface area contributed by atoms with Crippen molar-refractivity contribution in [2.45, 2.75) is 51.0 Å². The first-order chi connectivity index (χ1) is 12.1. The Morgan fingerprint density at radius 1 is 1.08 bits per heavy atom.